The van der Waals surface area contributed by atoms with Crippen molar-refractivity contribution in [2.45, 2.75) is 32.6 Å². The first-order chi connectivity index (χ1) is 8.56. The zero-order valence-corrected chi connectivity index (χ0v) is 12.3. The van der Waals surface area contributed by atoms with Crippen LogP contribution in [-0.2, 0) is 12.8 Å². The second-order valence-electron chi connectivity index (χ2n) is 4.79. The first-order valence-electron chi connectivity index (χ1n) is 6.15. The van der Waals surface area contributed by atoms with E-state index in [0.717, 1.165) is 23.1 Å². The maximum absolute atomic E-state index is 5.60. The minimum atomic E-state index is 0.465. The molecule has 1 heterocycles. The predicted molar refractivity (Wildman–Crippen MR) is 78.6 cm³/mol. The first-order valence-corrected chi connectivity index (χ1v) is 6.94. The van der Waals surface area contributed by atoms with E-state index in [-0.39, 0.29) is 0 Å². The Morgan fingerprint density at radius 1 is 1.22 bits per heavy atom. The van der Waals surface area contributed by atoms with E-state index in [1.165, 1.54) is 11.1 Å². The van der Waals surface area contributed by atoms with Crippen molar-refractivity contribution < 1.29 is 0 Å². The molecule has 0 saturated carbocycles. The number of nitrogens with zero attached hydrogens (tertiary/aromatic N) is 1. The molecule has 0 fully saturated rings. The highest BCUT2D eigenvalue weighted by Gasteiger charge is 2.06. The summed E-state index contributed by atoms with van der Waals surface area (Å²) in [5.41, 5.74) is 9.37. The second-order valence-corrected chi connectivity index (χ2v) is 5.54. The Balaban J connectivity index is 2.00. The Morgan fingerprint density at radius 2 is 1.89 bits per heavy atom. The van der Waals surface area contributed by atoms with Crippen LogP contribution in [0.3, 0.4) is 0 Å². The van der Waals surface area contributed by atoms with Crippen molar-refractivity contribution in [3.8, 4) is 0 Å². The molecule has 0 unspecified atom stereocenters. The Bertz CT molecular complexity index is 514. The average Bonchev–Trinajstić information content (AvgIpc) is 2.66. The van der Waals surface area contributed by atoms with E-state index in [4.69, 9.17) is 5.73 Å². The van der Waals surface area contributed by atoms with E-state index in [1.807, 2.05) is 0 Å². The van der Waals surface area contributed by atoms with Crippen LogP contribution in [0, 0.1) is 0 Å². The lowest BCUT2D eigenvalue weighted by atomic mass is 10.00. The van der Waals surface area contributed by atoms with E-state index in [0.29, 0.717) is 11.9 Å². The van der Waals surface area contributed by atoms with Gasteiger partial charge in [0, 0.05) is 0 Å². The molecule has 2 aromatic rings. The number of nitrogen functional groups attached to an aromatic ring is 1. The molecule has 0 aliphatic rings. The van der Waals surface area contributed by atoms with Gasteiger partial charge in [0.15, 0.2) is 5.95 Å². The fourth-order valence-electron chi connectivity index (χ4n) is 1.91. The van der Waals surface area contributed by atoms with Gasteiger partial charge < -0.3 is 10.7 Å². The predicted octanol–water partition coefficient (Wildman–Crippen LogP) is 3.66. The molecular formula is C14H18BrN3. The van der Waals surface area contributed by atoms with Crippen LogP contribution in [0.25, 0.3) is 0 Å². The van der Waals surface area contributed by atoms with Gasteiger partial charge in [0.1, 0.15) is 4.60 Å². The molecule has 1 aromatic heterocycles. The monoisotopic (exact) mass is 307 g/mol. The lowest BCUT2D eigenvalue weighted by molar-refractivity contribution is 0.861. The normalized spacial score (nSPS) is 11.1. The minimum absolute atomic E-state index is 0.465. The lowest BCUT2D eigenvalue weighted by Crippen LogP contribution is -1.94. The van der Waals surface area contributed by atoms with Crippen molar-refractivity contribution >= 4 is 21.9 Å². The number of nitrogens with two attached hydrogens (primary N) is 1. The second kappa shape index (κ2) is 5.57. The quantitative estimate of drug-likeness (QED) is 0.905. The Labute approximate surface area is 116 Å². The van der Waals surface area contributed by atoms with E-state index in [2.05, 4.69) is 64.0 Å². The van der Waals surface area contributed by atoms with E-state index >= 15 is 0 Å². The third kappa shape index (κ3) is 3.13. The molecule has 2 rings (SSSR count). The molecule has 0 radical (unpaired) electrons. The first kappa shape index (κ1) is 13.1. The highest BCUT2D eigenvalue weighted by molar-refractivity contribution is 9.10. The van der Waals surface area contributed by atoms with Gasteiger partial charge in [-0.05, 0) is 45.8 Å². The van der Waals surface area contributed by atoms with Crippen LogP contribution in [0.1, 0.15) is 36.6 Å². The van der Waals surface area contributed by atoms with E-state index < -0.39 is 0 Å². The van der Waals surface area contributed by atoms with Gasteiger partial charge in [-0.25, -0.2) is 4.98 Å². The standard InChI is InChI=1S/C14H18BrN3/c1-9(2)11-6-3-10(4-7-11)5-8-12-13(15)18-14(16)17-12/h3-4,6-7,9H,5,8H2,1-2H3,(H3,16,17,18). The number of aromatic amines is 1. The highest BCUT2D eigenvalue weighted by atomic mass is 79.9. The van der Waals surface area contributed by atoms with Crippen LogP contribution in [0.2, 0.25) is 0 Å². The van der Waals surface area contributed by atoms with Crippen molar-refractivity contribution in [3.05, 3.63) is 45.7 Å². The molecular weight excluding hydrogens is 290 g/mol. The molecule has 3 nitrogen and oxygen atoms in total. The topological polar surface area (TPSA) is 54.7 Å². The molecule has 0 aliphatic carbocycles. The molecule has 96 valence electrons. The van der Waals surface area contributed by atoms with Crippen LogP contribution < -0.4 is 5.73 Å². The number of H-pyrrole nitrogens is 1. The van der Waals surface area contributed by atoms with Crippen molar-refractivity contribution in [2.75, 3.05) is 5.73 Å². The number of imidazole rings is 1. The van der Waals surface area contributed by atoms with Crippen LogP contribution in [-0.4, -0.2) is 9.97 Å². The third-order valence-electron chi connectivity index (χ3n) is 3.06. The lowest BCUT2D eigenvalue weighted by Gasteiger charge is -2.06. The number of hydrogen-bond acceptors (Lipinski definition) is 2. The van der Waals surface area contributed by atoms with Gasteiger partial charge in [-0.15, -0.1) is 0 Å². The number of benzene rings is 1. The Kier molecular flexibility index (Phi) is 4.07. The molecule has 3 N–H and O–H groups in total. The summed E-state index contributed by atoms with van der Waals surface area (Å²) >= 11 is 3.40. The number of anilines is 1. The molecule has 0 saturated heterocycles. The number of rotatable bonds is 4. The summed E-state index contributed by atoms with van der Waals surface area (Å²) in [6.07, 6.45) is 1.89. The summed E-state index contributed by atoms with van der Waals surface area (Å²) in [6, 6.07) is 8.80. The molecule has 0 aliphatic heterocycles. The van der Waals surface area contributed by atoms with Crippen molar-refractivity contribution in [1.29, 1.82) is 0 Å². The summed E-state index contributed by atoms with van der Waals surface area (Å²) < 4.78 is 0.818. The van der Waals surface area contributed by atoms with E-state index in [9.17, 15) is 0 Å². The molecule has 0 bridgehead atoms. The number of aromatic nitrogens is 2. The Hall–Kier alpha value is -1.29. The maximum Gasteiger partial charge on any atom is 0.198 e. The van der Waals surface area contributed by atoms with Gasteiger partial charge in [0.25, 0.3) is 0 Å². The smallest absolute Gasteiger partial charge is 0.198 e. The third-order valence-corrected chi connectivity index (χ3v) is 3.71. The molecule has 0 atom stereocenters. The summed E-state index contributed by atoms with van der Waals surface area (Å²) in [6.45, 7) is 4.42. The van der Waals surface area contributed by atoms with Crippen molar-refractivity contribution in [3.63, 3.8) is 0 Å². The van der Waals surface area contributed by atoms with Gasteiger partial charge in [-0.3, -0.25) is 0 Å². The maximum atomic E-state index is 5.60. The summed E-state index contributed by atoms with van der Waals surface area (Å²) in [5.74, 6) is 1.05. The molecule has 4 heteroatoms. The summed E-state index contributed by atoms with van der Waals surface area (Å²) in [4.78, 5) is 7.16. The zero-order valence-electron chi connectivity index (χ0n) is 10.7. The van der Waals surface area contributed by atoms with Crippen molar-refractivity contribution in [2.24, 2.45) is 0 Å². The zero-order chi connectivity index (χ0) is 13.1. The Morgan fingerprint density at radius 3 is 2.39 bits per heavy atom. The fourth-order valence-corrected chi connectivity index (χ4v) is 2.40. The summed E-state index contributed by atoms with van der Waals surface area (Å²) in [5, 5.41) is 0. The van der Waals surface area contributed by atoms with Gasteiger partial charge in [0.2, 0.25) is 0 Å². The highest BCUT2D eigenvalue weighted by Crippen LogP contribution is 2.18. The van der Waals surface area contributed by atoms with Crippen LogP contribution >= 0.6 is 15.9 Å². The minimum Gasteiger partial charge on any atom is -0.369 e. The molecule has 18 heavy (non-hydrogen) atoms. The van der Waals surface area contributed by atoms with Crippen molar-refractivity contribution in [1.82, 2.24) is 9.97 Å². The molecule has 0 amide bonds. The van der Waals surface area contributed by atoms with Gasteiger partial charge in [-0.2, -0.15) is 0 Å². The van der Waals surface area contributed by atoms with Crippen LogP contribution in [0.15, 0.2) is 28.9 Å². The number of nitrogens with one attached hydrogen (secondary N) is 1. The average molecular weight is 308 g/mol. The van der Waals surface area contributed by atoms with Crippen LogP contribution in [0.4, 0.5) is 5.95 Å². The number of aryl methyl sites for hydroxylation is 2. The fraction of sp³-hybridized carbons (Fsp3) is 0.357. The summed E-state index contributed by atoms with van der Waals surface area (Å²) in [7, 11) is 0. The van der Waals surface area contributed by atoms with E-state index in [1.54, 1.807) is 0 Å². The van der Waals surface area contributed by atoms with Gasteiger partial charge in [-0.1, -0.05) is 38.1 Å². The largest absolute Gasteiger partial charge is 0.369 e. The van der Waals surface area contributed by atoms with Gasteiger partial charge >= 0.3 is 0 Å². The van der Waals surface area contributed by atoms with Gasteiger partial charge in [0.05, 0.1) is 5.69 Å². The van der Waals surface area contributed by atoms with Crippen LogP contribution in [0.5, 0.6) is 0 Å². The number of halogens is 1. The SMILES string of the molecule is CC(C)c1ccc(CCc2[nH]c(N)nc2Br)cc1. The number of hydrogen-bond donors (Lipinski definition) is 2. The molecule has 0 spiro atoms. The molecule has 1 aromatic carbocycles.